The van der Waals surface area contributed by atoms with Gasteiger partial charge >= 0.3 is 17.9 Å². The molecule has 0 saturated carbocycles. The molecule has 0 radical (unpaired) electrons. The molecule has 0 aromatic heterocycles. The van der Waals surface area contributed by atoms with Crippen LogP contribution in [0.15, 0.2) is 55.1 Å². The van der Waals surface area contributed by atoms with Crippen LogP contribution in [0.4, 0.5) is 5.69 Å². The molecule has 12 nitrogen and oxygen atoms in total. The third kappa shape index (κ3) is 10.5. The van der Waals surface area contributed by atoms with Gasteiger partial charge < -0.3 is 29.5 Å². The van der Waals surface area contributed by atoms with Gasteiger partial charge in [-0.05, 0) is 87.8 Å². The third-order valence-corrected chi connectivity index (χ3v) is 8.12. The van der Waals surface area contributed by atoms with Gasteiger partial charge in [0.2, 0.25) is 11.7 Å². The lowest BCUT2D eigenvalue weighted by Gasteiger charge is -2.36. The van der Waals surface area contributed by atoms with Crippen molar-refractivity contribution >= 4 is 41.2 Å². The average Bonchev–Trinajstić information content (AvgIpc) is 3.07. The molecule has 3 rings (SSSR count). The van der Waals surface area contributed by atoms with Crippen LogP contribution >= 0.6 is 0 Å². The van der Waals surface area contributed by atoms with Crippen molar-refractivity contribution in [1.29, 1.82) is 0 Å². The van der Waals surface area contributed by atoms with Gasteiger partial charge in [0.15, 0.2) is 0 Å². The van der Waals surface area contributed by atoms with Crippen LogP contribution in [0, 0.1) is 12.3 Å². The largest absolute Gasteiger partial charge is 0.496 e. The summed E-state index contributed by atoms with van der Waals surface area (Å²) >= 11 is 0. The molecule has 2 aromatic carbocycles. The molecule has 2 amide bonds. The first-order chi connectivity index (χ1) is 22.7. The van der Waals surface area contributed by atoms with Crippen molar-refractivity contribution in [2.24, 2.45) is 5.41 Å². The summed E-state index contributed by atoms with van der Waals surface area (Å²) in [6.45, 7) is 8.09. The number of rotatable bonds is 16. The number of methoxy groups -OCH3 is 1. The van der Waals surface area contributed by atoms with Gasteiger partial charge in [0.25, 0.3) is 5.91 Å². The topological polar surface area (TPSA) is 166 Å². The molecule has 1 saturated heterocycles. The zero-order valence-corrected chi connectivity index (χ0v) is 27.9. The Hall–Kier alpha value is -5.00. The zero-order valence-electron chi connectivity index (χ0n) is 27.9. The minimum absolute atomic E-state index is 0.179. The first-order valence-corrected chi connectivity index (χ1v) is 15.9. The van der Waals surface area contributed by atoms with Gasteiger partial charge in [-0.3, -0.25) is 19.2 Å². The van der Waals surface area contributed by atoms with Crippen molar-refractivity contribution in [3.05, 3.63) is 71.8 Å². The number of nitrogens with one attached hydrogen (secondary N) is 1. The Labute approximate surface area is 280 Å². The number of ether oxygens (including phenoxy) is 3. The maximum Gasteiger partial charge on any atom is 0.330 e. The molecule has 12 heteroatoms. The lowest BCUT2D eigenvalue weighted by atomic mass is 9.87. The van der Waals surface area contributed by atoms with Crippen LogP contribution < -0.4 is 10.1 Å². The summed E-state index contributed by atoms with van der Waals surface area (Å²) in [5.74, 6) is -3.89. The van der Waals surface area contributed by atoms with E-state index in [0.29, 0.717) is 43.4 Å². The van der Waals surface area contributed by atoms with Crippen molar-refractivity contribution in [2.45, 2.75) is 77.9 Å². The molecule has 0 aliphatic carbocycles. The van der Waals surface area contributed by atoms with Crippen molar-refractivity contribution in [3.63, 3.8) is 0 Å². The highest BCUT2D eigenvalue weighted by atomic mass is 16.5. The summed E-state index contributed by atoms with van der Waals surface area (Å²) in [6.07, 6.45) is 2.01. The molecule has 1 aliphatic rings. The monoisotopic (exact) mass is 664 g/mol. The van der Waals surface area contributed by atoms with E-state index < -0.39 is 53.1 Å². The van der Waals surface area contributed by atoms with E-state index in [1.807, 2.05) is 25.1 Å². The number of likely N-dealkylation sites (tertiary alicyclic amines) is 1. The first kappa shape index (κ1) is 37.5. The molecule has 2 N–H and O–H groups in total. The van der Waals surface area contributed by atoms with Gasteiger partial charge in [0.1, 0.15) is 24.5 Å². The van der Waals surface area contributed by atoms with Crippen LogP contribution in [0.25, 0.3) is 0 Å². The van der Waals surface area contributed by atoms with Gasteiger partial charge in [-0.1, -0.05) is 30.8 Å². The number of carboxylic acid groups (broad SMARTS) is 1. The summed E-state index contributed by atoms with van der Waals surface area (Å²) in [6, 6.07) is 11.5. The van der Waals surface area contributed by atoms with Crippen molar-refractivity contribution in [2.75, 3.05) is 25.6 Å². The fourth-order valence-corrected chi connectivity index (χ4v) is 5.31. The molecule has 258 valence electrons. The van der Waals surface area contributed by atoms with Gasteiger partial charge in [-0.2, -0.15) is 0 Å². The van der Waals surface area contributed by atoms with Crippen molar-refractivity contribution < 1.29 is 48.1 Å². The number of esters is 2. The van der Waals surface area contributed by atoms with E-state index in [0.717, 1.165) is 23.0 Å². The second kappa shape index (κ2) is 17.2. The number of amides is 2. The summed E-state index contributed by atoms with van der Waals surface area (Å²) < 4.78 is 16.6. The Balaban J connectivity index is 1.85. The molecule has 0 spiro atoms. The fraction of sp³-hybridized carbons (Fsp3) is 0.444. The van der Waals surface area contributed by atoms with Gasteiger partial charge in [-0.25, -0.2) is 9.59 Å². The lowest BCUT2D eigenvalue weighted by Crippen LogP contribution is -2.53. The van der Waals surface area contributed by atoms with Crippen LogP contribution in [0.1, 0.15) is 75.2 Å². The van der Waals surface area contributed by atoms with E-state index >= 15 is 0 Å². The number of anilines is 1. The normalized spacial score (nSPS) is 15.1. The average molecular weight is 665 g/mol. The number of aryl methyl sites for hydroxylation is 2. The lowest BCUT2D eigenvalue weighted by molar-refractivity contribution is -0.165. The number of hydrogen-bond acceptors (Lipinski definition) is 9. The number of carboxylic acids is 1. The Morgan fingerprint density at radius 1 is 1.08 bits per heavy atom. The SMILES string of the molecule is C=CC(=O)OCC(C)(C)C(=O)C(=O)N1CCCC[C@H]1C(=O)O[C@H](CCc1ccc(C)c(OC)c1)c1cccc(NC(=O)CCC(=O)O)c1. The number of Topliss-reactive ketones (excluding diaryl/α,β-unsaturated/α-hetero) is 1. The Kier molecular flexibility index (Phi) is 13.5. The number of hydrogen-bond donors (Lipinski definition) is 2. The number of piperidine rings is 1. The molecule has 2 atom stereocenters. The second-order valence-corrected chi connectivity index (χ2v) is 12.4. The molecule has 48 heavy (non-hydrogen) atoms. The van der Waals surface area contributed by atoms with E-state index in [9.17, 15) is 28.8 Å². The number of carbonyl (C=O) groups is 6. The van der Waals surface area contributed by atoms with E-state index in [1.165, 1.54) is 18.7 Å². The second-order valence-electron chi connectivity index (χ2n) is 12.4. The smallest absolute Gasteiger partial charge is 0.330 e. The molecule has 0 unspecified atom stereocenters. The number of carbonyl (C=O) groups excluding carboxylic acids is 5. The minimum Gasteiger partial charge on any atom is -0.496 e. The summed E-state index contributed by atoms with van der Waals surface area (Å²) in [4.78, 5) is 76.7. The molecule has 2 aromatic rings. The zero-order chi connectivity index (χ0) is 35.4. The standard InChI is InChI=1S/C36H44N2O10/c1-6-32(42)47-22-36(3,4)33(43)34(44)38-19-8-7-12-27(38)35(45)48-28(16-15-24-14-13-23(2)29(20-24)46-5)25-10-9-11-26(21-25)37-30(39)17-18-31(40)41/h6,9-11,13-14,20-21,27-28H,1,7-8,12,15-19,22H2,2-5H3,(H,37,39)(H,40,41)/t27-,28+/m0/s1. The molecule has 1 aliphatic heterocycles. The predicted octanol–water partition coefficient (Wildman–Crippen LogP) is 4.73. The summed E-state index contributed by atoms with van der Waals surface area (Å²) in [5.41, 5.74) is 1.55. The van der Waals surface area contributed by atoms with Crippen molar-refractivity contribution in [1.82, 2.24) is 4.90 Å². The van der Waals surface area contributed by atoms with Crippen LogP contribution in [-0.2, 0) is 44.7 Å². The quantitative estimate of drug-likeness (QED) is 0.146. The third-order valence-electron chi connectivity index (χ3n) is 8.12. The Bertz CT molecular complexity index is 1530. The van der Waals surface area contributed by atoms with E-state index in [2.05, 4.69) is 11.9 Å². The van der Waals surface area contributed by atoms with E-state index in [-0.39, 0.29) is 26.0 Å². The first-order valence-electron chi connectivity index (χ1n) is 15.9. The Morgan fingerprint density at radius 3 is 2.52 bits per heavy atom. The number of benzene rings is 2. The molecular weight excluding hydrogens is 620 g/mol. The van der Waals surface area contributed by atoms with E-state index in [1.54, 1.807) is 31.4 Å². The number of nitrogens with zero attached hydrogens (tertiary/aromatic N) is 1. The highest BCUT2D eigenvalue weighted by Crippen LogP contribution is 2.30. The number of aliphatic carboxylic acids is 1. The highest BCUT2D eigenvalue weighted by molar-refractivity contribution is 6.38. The fourth-order valence-electron chi connectivity index (χ4n) is 5.31. The molecule has 1 fully saturated rings. The maximum absolute atomic E-state index is 13.8. The minimum atomic E-state index is -1.34. The van der Waals surface area contributed by atoms with Gasteiger partial charge in [0.05, 0.1) is 18.9 Å². The van der Waals surface area contributed by atoms with Crippen molar-refractivity contribution in [3.8, 4) is 5.75 Å². The van der Waals surface area contributed by atoms with Crippen LogP contribution in [0.3, 0.4) is 0 Å². The predicted molar refractivity (Wildman–Crippen MR) is 176 cm³/mol. The van der Waals surface area contributed by atoms with Crippen LogP contribution in [0.2, 0.25) is 0 Å². The van der Waals surface area contributed by atoms with E-state index in [4.69, 9.17) is 19.3 Å². The molecule has 0 bridgehead atoms. The molecule has 1 heterocycles. The number of ketones is 1. The van der Waals surface area contributed by atoms with Gasteiger partial charge in [-0.15, -0.1) is 0 Å². The van der Waals surface area contributed by atoms with Gasteiger partial charge in [0, 0.05) is 24.7 Å². The maximum atomic E-state index is 13.8. The summed E-state index contributed by atoms with van der Waals surface area (Å²) in [5, 5.41) is 11.6. The highest BCUT2D eigenvalue weighted by Gasteiger charge is 2.42. The van der Waals surface area contributed by atoms with Crippen LogP contribution in [0.5, 0.6) is 5.75 Å². The van der Waals surface area contributed by atoms with Crippen LogP contribution in [-0.4, -0.2) is 71.8 Å². The Morgan fingerprint density at radius 2 is 1.83 bits per heavy atom. The summed E-state index contributed by atoms with van der Waals surface area (Å²) in [7, 11) is 1.59. The molecular formula is C36H44N2O10.